The summed E-state index contributed by atoms with van der Waals surface area (Å²) in [6.45, 7) is 6.30. The molecule has 0 saturated heterocycles. The lowest BCUT2D eigenvalue weighted by atomic mass is 10.00. The van der Waals surface area contributed by atoms with Gasteiger partial charge >= 0.3 is 0 Å². The van der Waals surface area contributed by atoms with Crippen LogP contribution in [0.1, 0.15) is 18.1 Å². The Balaban J connectivity index is 1.86. The maximum absolute atomic E-state index is 12.9. The fourth-order valence-corrected chi connectivity index (χ4v) is 4.35. The summed E-state index contributed by atoms with van der Waals surface area (Å²) in [5.74, 6) is 0.292. The molecule has 0 unspecified atom stereocenters. The van der Waals surface area contributed by atoms with E-state index in [0.29, 0.717) is 23.9 Å². The van der Waals surface area contributed by atoms with Gasteiger partial charge in [0.15, 0.2) is 0 Å². The fourth-order valence-electron chi connectivity index (χ4n) is 3.36. The van der Waals surface area contributed by atoms with Gasteiger partial charge in [0.1, 0.15) is 6.61 Å². The fraction of sp³-hybridized carbons (Fsp3) is 0.238. The minimum absolute atomic E-state index is 0.0215. The summed E-state index contributed by atoms with van der Waals surface area (Å²) in [6, 6.07) is 14.3. The molecule has 1 atom stereocenters. The van der Waals surface area contributed by atoms with Crippen LogP contribution < -0.4 is 14.8 Å². The van der Waals surface area contributed by atoms with Crippen LogP contribution in [0.15, 0.2) is 53.4 Å². The van der Waals surface area contributed by atoms with Gasteiger partial charge in [0.2, 0.25) is 11.8 Å². The summed E-state index contributed by atoms with van der Waals surface area (Å²) >= 11 is 0. The molecule has 7 nitrogen and oxygen atoms in total. The van der Waals surface area contributed by atoms with Crippen LogP contribution in [0.2, 0.25) is 0 Å². The first-order chi connectivity index (χ1) is 13.8. The number of sulfonamides is 1. The van der Waals surface area contributed by atoms with E-state index in [4.69, 9.17) is 4.74 Å². The molecule has 0 saturated carbocycles. The van der Waals surface area contributed by atoms with E-state index >= 15 is 0 Å². The van der Waals surface area contributed by atoms with Gasteiger partial charge in [-0.05, 0) is 50.1 Å². The lowest BCUT2D eigenvalue weighted by molar-refractivity contribution is 0.292. The lowest BCUT2D eigenvalue weighted by Gasteiger charge is -2.19. The molecule has 1 aromatic heterocycles. The Hall–Kier alpha value is -3.13. The molecule has 0 radical (unpaired) electrons. The summed E-state index contributed by atoms with van der Waals surface area (Å²) in [7, 11) is -3.85. The van der Waals surface area contributed by atoms with E-state index in [9.17, 15) is 8.42 Å². The molecule has 2 aromatic carbocycles. The molecule has 1 aliphatic rings. The van der Waals surface area contributed by atoms with E-state index in [0.717, 1.165) is 16.7 Å². The first kappa shape index (κ1) is 19.2. The number of anilines is 2. The van der Waals surface area contributed by atoms with E-state index in [1.54, 1.807) is 18.2 Å². The van der Waals surface area contributed by atoms with E-state index in [1.807, 2.05) is 45.0 Å². The van der Waals surface area contributed by atoms with Gasteiger partial charge < -0.3 is 10.1 Å². The number of hydrogen-bond acceptors (Lipinski definition) is 6. The van der Waals surface area contributed by atoms with Crippen molar-refractivity contribution in [1.29, 1.82) is 0 Å². The van der Waals surface area contributed by atoms with Crippen LogP contribution in [0.25, 0.3) is 11.3 Å². The van der Waals surface area contributed by atoms with Crippen molar-refractivity contribution in [3.05, 3.63) is 59.7 Å². The topological polar surface area (TPSA) is 93.2 Å². The molecule has 0 fully saturated rings. The Morgan fingerprint density at radius 3 is 2.52 bits per heavy atom. The second-order valence-electron chi connectivity index (χ2n) is 7.17. The third-order valence-corrected chi connectivity index (χ3v) is 6.03. The van der Waals surface area contributed by atoms with Crippen molar-refractivity contribution in [2.24, 2.45) is 0 Å². The van der Waals surface area contributed by atoms with Crippen molar-refractivity contribution in [2.45, 2.75) is 31.7 Å². The Morgan fingerprint density at radius 2 is 1.76 bits per heavy atom. The zero-order valence-electron chi connectivity index (χ0n) is 16.4. The number of rotatable bonds is 1. The van der Waals surface area contributed by atoms with E-state index in [1.165, 1.54) is 6.07 Å². The smallest absolute Gasteiger partial charge is 0.264 e. The van der Waals surface area contributed by atoms with Gasteiger partial charge in [-0.2, -0.15) is 4.98 Å². The molecule has 3 aromatic rings. The van der Waals surface area contributed by atoms with Gasteiger partial charge in [-0.3, -0.25) is 0 Å². The highest BCUT2D eigenvalue weighted by atomic mass is 32.2. The van der Waals surface area contributed by atoms with Crippen LogP contribution in [0.5, 0.6) is 5.88 Å². The molecule has 0 aliphatic carbocycles. The number of aromatic nitrogens is 2. The highest BCUT2D eigenvalue weighted by Gasteiger charge is 2.20. The zero-order valence-corrected chi connectivity index (χ0v) is 17.2. The number of fused-ring (bicyclic) bond motifs is 4. The minimum atomic E-state index is -3.85. The van der Waals surface area contributed by atoms with Gasteiger partial charge in [0.05, 0.1) is 16.6 Å². The lowest BCUT2D eigenvalue weighted by Crippen LogP contribution is -2.25. The highest BCUT2D eigenvalue weighted by Crippen LogP contribution is 2.29. The van der Waals surface area contributed by atoms with Crippen molar-refractivity contribution < 1.29 is 13.2 Å². The zero-order chi connectivity index (χ0) is 20.6. The molecule has 8 heteroatoms. The molecule has 150 valence electrons. The van der Waals surface area contributed by atoms with E-state index in [2.05, 4.69) is 20.0 Å². The van der Waals surface area contributed by atoms with Crippen molar-refractivity contribution in [1.82, 2.24) is 9.97 Å². The molecule has 0 amide bonds. The molecule has 4 rings (SSSR count). The third-order valence-electron chi connectivity index (χ3n) is 4.70. The molecule has 0 spiro atoms. The Kier molecular flexibility index (Phi) is 4.87. The van der Waals surface area contributed by atoms with Crippen molar-refractivity contribution in [2.75, 3.05) is 16.6 Å². The second-order valence-corrected chi connectivity index (χ2v) is 8.85. The molecular formula is C21H22N4O3S. The van der Waals surface area contributed by atoms with Crippen LogP contribution in [0.4, 0.5) is 11.6 Å². The average Bonchev–Trinajstić information content (AvgIpc) is 2.65. The SMILES string of the molecule is Cc1cccc(C)c1-c1cc2nc(n1)NS(=O)(=O)c1cccc(c1)N[C@@H](C)CO2. The van der Waals surface area contributed by atoms with Crippen LogP contribution in [0, 0.1) is 13.8 Å². The number of aryl methyl sites for hydroxylation is 2. The van der Waals surface area contributed by atoms with Crippen LogP contribution >= 0.6 is 0 Å². The monoisotopic (exact) mass is 410 g/mol. The van der Waals surface area contributed by atoms with Crippen LogP contribution in [-0.4, -0.2) is 31.0 Å². The van der Waals surface area contributed by atoms with Crippen molar-refractivity contribution in [3.63, 3.8) is 0 Å². The van der Waals surface area contributed by atoms with E-state index in [-0.39, 0.29) is 16.9 Å². The summed E-state index contributed by atoms with van der Waals surface area (Å²) in [5.41, 5.74) is 4.31. The normalized spacial score (nSPS) is 17.7. The maximum Gasteiger partial charge on any atom is 0.264 e. The Morgan fingerprint density at radius 1 is 1.03 bits per heavy atom. The minimum Gasteiger partial charge on any atom is -0.475 e. The van der Waals surface area contributed by atoms with Gasteiger partial charge in [-0.1, -0.05) is 24.3 Å². The number of hydrogen-bond donors (Lipinski definition) is 2. The number of benzene rings is 2. The van der Waals surface area contributed by atoms with E-state index < -0.39 is 10.0 Å². The predicted molar refractivity (Wildman–Crippen MR) is 113 cm³/mol. The number of nitrogens with one attached hydrogen (secondary N) is 2. The largest absolute Gasteiger partial charge is 0.475 e. The molecule has 2 heterocycles. The summed E-state index contributed by atoms with van der Waals surface area (Å²) in [4.78, 5) is 8.89. The molecule has 29 heavy (non-hydrogen) atoms. The predicted octanol–water partition coefficient (Wildman–Crippen LogP) is 3.75. The standard InChI is InChI=1S/C21H22N4O3S/c1-13-6-4-7-14(2)20(13)18-11-19-24-21(23-18)25-29(26,27)17-9-5-8-16(10-17)22-15(3)12-28-19/h4-11,15,22H,12H2,1-3H3,(H,23,24,25)/t15-/m0/s1. The van der Waals surface area contributed by atoms with Gasteiger partial charge in [-0.15, -0.1) is 0 Å². The molecule has 1 aliphatic heterocycles. The Bertz CT molecular complexity index is 1160. The van der Waals surface area contributed by atoms with Gasteiger partial charge in [0.25, 0.3) is 10.0 Å². The maximum atomic E-state index is 12.9. The number of nitrogens with zero attached hydrogens (tertiary/aromatic N) is 2. The van der Waals surface area contributed by atoms with Crippen LogP contribution in [0.3, 0.4) is 0 Å². The highest BCUT2D eigenvalue weighted by molar-refractivity contribution is 7.92. The average molecular weight is 410 g/mol. The second kappa shape index (κ2) is 7.36. The molecule has 4 bridgehead atoms. The Labute approximate surface area is 170 Å². The third kappa shape index (κ3) is 4.02. The molecular weight excluding hydrogens is 388 g/mol. The summed E-state index contributed by atoms with van der Waals surface area (Å²) in [5, 5.41) is 3.25. The quantitative estimate of drug-likeness (QED) is 0.635. The number of ether oxygens (including phenoxy) is 1. The summed E-state index contributed by atoms with van der Waals surface area (Å²) in [6.07, 6.45) is 0. The van der Waals surface area contributed by atoms with Gasteiger partial charge in [0, 0.05) is 17.3 Å². The molecule has 2 N–H and O–H groups in total. The first-order valence-electron chi connectivity index (χ1n) is 9.30. The van der Waals surface area contributed by atoms with Crippen molar-refractivity contribution >= 4 is 21.7 Å². The van der Waals surface area contributed by atoms with Crippen molar-refractivity contribution in [3.8, 4) is 17.1 Å². The first-order valence-corrected chi connectivity index (χ1v) is 10.8. The summed E-state index contributed by atoms with van der Waals surface area (Å²) < 4.78 is 34.1. The van der Waals surface area contributed by atoms with Crippen LogP contribution in [-0.2, 0) is 10.0 Å². The van der Waals surface area contributed by atoms with Gasteiger partial charge in [-0.25, -0.2) is 18.1 Å².